The quantitative estimate of drug-likeness (QED) is 0.0948. The van der Waals surface area contributed by atoms with E-state index in [4.69, 9.17) is 4.74 Å². The maximum absolute atomic E-state index is 14.7. The van der Waals surface area contributed by atoms with Crippen LogP contribution in [0, 0.1) is 0 Å². The van der Waals surface area contributed by atoms with E-state index in [0.717, 1.165) is 52.6 Å². The Labute approximate surface area is 302 Å². The Balaban J connectivity index is 1.57. The van der Waals surface area contributed by atoms with Crippen LogP contribution in [0.25, 0.3) is 22.2 Å². The molecule has 0 radical (unpaired) electrons. The molecule has 0 aliphatic rings. The molecule has 2 N–H and O–H groups in total. The second-order valence-electron chi connectivity index (χ2n) is 13.9. The number of aromatic amines is 1. The van der Waals surface area contributed by atoms with Crippen LogP contribution in [0.2, 0.25) is 0 Å². The first kappa shape index (κ1) is 37.3. The zero-order valence-electron chi connectivity index (χ0n) is 30.9. The fourth-order valence-electron chi connectivity index (χ4n) is 6.64. The van der Waals surface area contributed by atoms with Gasteiger partial charge in [-0.05, 0) is 76.9 Å². The normalized spacial score (nSPS) is 11.4. The topological polar surface area (TPSA) is 100 Å². The number of carbonyl (C=O) groups excluding carboxylic acids is 1. The van der Waals surface area contributed by atoms with Crippen molar-refractivity contribution in [3.05, 3.63) is 112 Å². The summed E-state index contributed by atoms with van der Waals surface area (Å²) in [4.78, 5) is 42.2. The number of H-pyrrole nitrogens is 1. The molecule has 0 bridgehead atoms. The van der Waals surface area contributed by atoms with Crippen molar-refractivity contribution >= 4 is 28.4 Å². The fourth-order valence-corrected chi connectivity index (χ4v) is 6.64. The van der Waals surface area contributed by atoms with Gasteiger partial charge in [0.05, 0.1) is 0 Å². The molecule has 2 aromatic carbocycles. The minimum Gasteiger partial charge on any atom is -0.489 e. The van der Waals surface area contributed by atoms with Gasteiger partial charge in [0.15, 0.2) is 0 Å². The zero-order valence-corrected chi connectivity index (χ0v) is 30.9. The lowest BCUT2D eigenvalue weighted by Crippen LogP contribution is -2.40. The summed E-state index contributed by atoms with van der Waals surface area (Å²) in [6.45, 7) is 11.5. The maximum atomic E-state index is 14.7. The molecule has 0 unspecified atom stereocenters. The number of benzene rings is 2. The van der Waals surface area contributed by atoms with Crippen LogP contribution in [0.4, 0.5) is 16.2 Å². The lowest BCUT2D eigenvalue weighted by molar-refractivity contribution is 0.256. The van der Waals surface area contributed by atoms with E-state index >= 15 is 0 Å². The fraction of sp³-hybridized carbons (Fsp3) is 0.395. The maximum Gasteiger partial charge on any atom is 0.326 e. The zero-order chi connectivity index (χ0) is 36.2. The van der Waals surface area contributed by atoms with Crippen LogP contribution in [-0.4, -0.2) is 27.5 Å². The number of nitrogens with zero attached hydrogens (tertiary/aromatic N) is 3. The number of hydrogen-bond donors (Lipinski definition) is 2. The second kappa shape index (κ2) is 18.3. The number of urea groups is 1. The molecule has 3 heterocycles. The lowest BCUT2D eigenvalue weighted by atomic mass is 9.92. The van der Waals surface area contributed by atoms with E-state index in [0.29, 0.717) is 35.8 Å². The van der Waals surface area contributed by atoms with E-state index in [1.807, 2.05) is 48.5 Å². The van der Waals surface area contributed by atoms with E-state index in [-0.39, 0.29) is 23.4 Å². The molecule has 5 aromatic rings. The third-order valence-corrected chi connectivity index (χ3v) is 9.39. The Morgan fingerprint density at radius 1 is 0.824 bits per heavy atom. The Morgan fingerprint density at radius 2 is 1.49 bits per heavy atom. The van der Waals surface area contributed by atoms with E-state index < -0.39 is 0 Å². The number of amides is 2. The summed E-state index contributed by atoms with van der Waals surface area (Å²) in [5.41, 5.74) is 5.76. The Kier molecular flexibility index (Phi) is 13.4. The van der Waals surface area contributed by atoms with Crippen molar-refractivity contribution < 1.29 is 9.53 Å². The smallest absolute Gasteiger partial charge is 0.326 e. The molecule has 0 aliphatic carbocycles. The van der Waals surface area contributed by atoms with Crippen molar-refractivity contribution in [3.8, 4) is 16.9 Å². The monoisotopic (exact) mass is 687 g/mol. The third-order valence-electron chi connectivity index (χ3n) is 9.39. The molecule has 0 fully saturated rings. The molecule has 51 heavy (non-hydrogen) atoms. The van der Waals surface area contributed by atoms with Crippen molar-refractivity contribution in [2.45, 2.75) is 104 Å². The number of ether oxygens (including phenoxy) is 1. The summed E-state index contributed by atoms with van der Waals surface area (Å²) in [7, 11) is 0. The highest BCUT2D eigenvalue weighted by molar-refractivity contribution is 6.09. The third kappa shape index (κ3) is 9.63. The lowest BCUT2D eigenvalue weighted by Gasteiger charge is -2.28. The highest BCUT2D eigenvalue weighted by Crippen LogP contribution is 2.37. The largest absolute Gasteiger partial charge is 0.489 e. The number of carbonyl (C=O) groups is 1. The van der Waals surface area contributed by atoms with Gasteiger partial charge >= 0.3 is 6.03 Å². The summed E-state index contributed by atoms with van der Waals surface area (Å²) in [5, 5.41) is 4.06. The van der Waals surface area contributed by atoms with Crippen molar-refractivity contribution in [2.24, 2.45) is 0 Å². The van der Waals surface area contributed by atoms with Gasteiger partial charge in [-0.1, -0.05) is 110 Å². The number of rotatable bonds is 17. The molecule has 2 amide bonds. The first-order valence-electron chi connectivity index (χ1n) is 18.6. The van der Waals surface area contributed by atoms with E-state index in [1.54, 1.807) is 23.5 Å². The van der Waals surface area contributed by atoms with Crippen molar-refractivity contribution in [3.63, 3.8) is 0 Å². The van der Waals surface area contributed by atoms with Gasteiger partial charge in [-0.2, -0.15) is 0 Å². The average Bonchev–Trinajstić information content (AvgIpc) is 3.13. The number of aromatic nitrogens is 3. The summed E-state index contributed by atoms with van der Waals surface area (Å²) >= 11 is 0. The number of pyridine rings is 3. The molecule has 8 heteroatoms. The number of para-hydroxylation sites is 1. The van der Waals surface area contributed by atoms with Crippen LogP contribution in [0.1, 0.15) is 115 Å². The van der Waals surface area contributed by atoms with Gasteiger partial charge in [-0.3, -0.25) is 14.7 Å². The van der Waals surface area contributed by atoms with Crippen LogP contribution in [0.15, 0.2) is 90.1 Å². The highest BCUT2D eigenvalue weighted by Gasteiger charge is 2.27. The number of fused-ring (bicyclic) bond motifs is 1. The SMILES string of the molecule is CCCCCCCCCCN(C(=O)Nc1c(C(C)C)cccc1C(C)C)c1c(-c2cccc(OCc3ccncc3)c2)c2cccnc2[nH]c1=O. The summed E-state index contributed by atoms with van der Waals surface area (Å²) < 4.78 is 6.20. The number of nitrogens with one attached hydrogen (secondary N) is 2. The minimum atomic E-state index is -0.366. The Hall–Kier alpha value is -4.98. The van der Waals surface area contributed by atoms with E-state index in [1.165, 1.54) is 32.1 Å². The van der Waals surface area contributed by atoms with E-state index in [2.05, 4.69) is 73.1 Å². The molecule has 0 saturated carbocycles. The van der Waals surface area contributed by atoms with Gasteiger partial charge in [0.1, 0.15) is 23.7 Å². The summed E-state index contributed by atoms with van der Waals surface area (Å²) in [5.74, 6) is 1.04. The molecule has 8 nitrogen and oxygen atoms in total. The number of unbranched alkanes of at least 4 members (excludes halogenated alkanes) is 7. The molecule has 0 spiro atoms. The highest BCUT2D eigenvalue weighted by atomic mass is 16.5. The van der Waals surface area contributed by atoms with Gasteiger partial charge in [-0.25, -0.2) is 9.78 Å². The van der Waals surface area contributed by atoms with E-state index in [9.17, 15) is 9.59 Å². The first-order chi connectivity index (χ1) is 24.8. The predicted molar refractivity (Wildman–Crippen MR) is 210 cm³/mol. The molecule has 268 valence electrons. The van der Waals surface area contributed by atoms with Crippen molar-refractivity contribution in [2.75, 3.05) is 16.8 Å². The number of hydrogen-bond acceptors (Lipinski definition) is 5. The van der Waals surface area contributed by atoms with Crippen molar-refractivity contribution in [1.82, 2.24) is 15.0 Å². The second-order valence-corrected chi connectivity index (χ2v) is 13.9. The van der Waals surface area contributed by atoms with Gasteiger partial charge < -0.3 is 15.0 Å². The molecule has 0 aliphatic heterocycles. The van der Waals surface area contributed by atoms with Gasteiger partial charge in [0.25, 0.3) is 5.56 Å². The molecule has 0 saturated heterocycles. The molecule has 3 aromatic heterocycles. The average molecular weight is 688 g/mol. The van der Waals surface area contributed by atoms with Gasteiger partial charge in [0.2, 0.25) is 0 Å². The molecular weight excluding hydrogens is 635 g/mol. The summed E-state index contributed by atoms with van der Waals surface area (Å²) in [6.07, 6.45) is 14.1. The Morgan fingerprint density at radius 3 is 2.18 bits per heavy atom. The van der Waals surface area contributed by atoms with Crippen LogP contribution in [0.3, 0.4) is 0 Å². The predicted octanol–water partition coefficient (Wildman–Crippen LogP) is 11.0. The molecule has 0 atom stereocenters. The van der Waals surface area contributed by atoms with Gasteiger partial charge in [-0.15, -0.1) is 0 Å². The molecular formula is C43H53N5O3. The molecule has 5 rings (SSSR count). The van der Waals surface area contributed by atoms with Crippen LogP contribution in [-0.2, 0) is 6.61 Å². The summed E-state index contributed by atoms with van der Waals surface area (Å²) in [6, 6.07) is 21.2. The Bertz CT molecular complexity index is 1910. The first-order valence-corrected chi connectivity index (χ1v) is 18.6. The number of anilines is 2. The van der Waals surface area contributed by atoms with Crippen LogP contribution < -0.4 is 20.5 Å². The van der Waals surface area contributed by atoms with Gasteiger partial charge in [0, 0.05) is 41.8 Å². The minimum absolute atomic E-state index is 0.195. The van der Waals surface area contributed by atoms with Crippen molar-refractivity contribution in [1.29, 1.82) is 0 Å². The van der Waals surface area contributed by atoms with Crippen LogP contribution in [0.5, 0.6) is 5.75 Å². The van der Waals surface area contributed by atoms with Crippen LogP contribution >= 0.6 is 0 Å². The standard InChI is InChI=1S/C43H53N5O3/c1-6-7-8-9-10-11-12-13-27-48(43(50)46-39-35(30(2)3)19-15-20-36(39)31(4)5)40-38(37-21-16-24-45-41(37)47-42(40)49)33-17-14-18-34(28-33)51-29-32-22-25-44-26-23-32/h14-26,28,30-31H,6-13,27,29H2,1-5H3,(H,46,50)(H,45,47,49).